The Morgan fingerprint density at radius 1 is 0.815 bits per heavy atom. The van der Waals surface area contributed by atoms with E-state index in [-0.39, 0.29) is 5.91 Å². The Labute approximate surface area is 166 Å². The summed E-state index contributed by atoms with van der Waals surface area (Å²) in [5.74, 6) is -0.218. The Bertz CT molecular complexity index is 349. The highest BCUT2D eigenvalue weighted by Gasteiger charge is 2.19. The van der Waals surface area contributed by atoms with Crippen molar-refractivity contribution in [3.63, 3.8) is 0 Å². The zero-order chi connectivity index (χ0) is 20.2. The van der Waals surface area contributed by atoms with E-state index in [1.165, 1.54) is 77.0 Å². The molecule has 0 aromatic rings. The molecule has 160 valence electrons. The largest absolute Gasteiger partial charge is 0.394 e. The summed E-state index contributed by atoms with van der Waals surface area (Å²) in [5, 5.41) is 20.9. The number of rotatable bonds is 20. The third-order valence-electron chi connectivity index (χ3n) is 5.10. The molecule has 2 atom stereocenters. The topological polar surface area (TPSA) is 86.6 Å². The van der Waals surface area contributed by atoms with Gasteiger partial charge < -0.3 is 20.3 Å². The summed E-state index contributed by atoms with van der Waals surface area (Å²) in [5.41, 5.74) is 0. The number of amides is 1. The van der Waals surface area contributed by atoms with Crippen LogP contribution in [-0.4, -0.2) is 41.2 Å². The maximum atomic E-state index is 11.7. The van der Waals surface area contributed by atoms with Crippen molar-refractivity contribution >= 4 is 12.2 Å². The van der Waals surface area contributed by atoms with Crippen LogP contribution in [0.15, 0.2) is 0 Å². The molecule has 5 heteroatoms. The van der Waals surface area contributed by atoms with Gasteiger partial charge >= 0.3 is 0 Å². The lowest BCUT2D eigenvalue weighted by Crippen LogP contribution is -2.46. The molecule has 0 spiro atoms. The van der Waals surface area contributed by atoms with Gasteiger partial charge in [-0.05, 0) is 6.42 Å². The van der Waals surface area contributed by atoms with Crippen molar-refractivity contribution in [3.8, 4) is 0 Å². The van der Waals surface area contributed by atoms with E-state index in [0.29, 0.717) is 12.7 Å². The number of aldehydes is 1. The SMILES string of the molecule is CCCCCCCCCCCCCCCCCC(=O)N[C@@H](CO)[C@H](O)C=O. The Morgan fingerprint density at radius 3 is 1.59 bits per heavy atom. The van der Waals surface area contributed by atoms with Gasteiger partial charge in [0.25, 0.3) is 0 Å². The number of aliphatic hydroxyl groups is 2. The number of carbonyl (C=O) groups excluding carboxylic acids is 2. The molecule has 0 saturated carbocycles. The second-order valence-electron chi connectivity index (χ2n) is 7.68. The van der Waals surface area contributed by atoms with Crippen molar-refractivity contribution in [1.82, 2.24) is 5.32 Å². The molecule has 27 heavy (non-hydrogen) atoms. The molecule has 0 aromatic heterocycles. The van der Waals surface area contributed by atoms with Crippen LogP contribution < -0.4 is 5.32 Å². The van der Waals surface area contributed by atoms with Gasteiger partial charge in [-0.1, -0.05) is 96.8 Å². The molecule has 0 aliphatic carbocycles. The van der Waals surface area contributed by atoms with Crippen LogP contribution in [0, 0.1) is 0 Å². The summed E-state index contributed by atoms with van der Waals surface area (Å²) in [6.45, 7) is 1.82. The maximum absolute atomic E-state index is 11.7. The Hall–Kier alpha value is -0.940. The van der Waals surface area contributed by atoms with Crippen LogP contribution in [0.4, 0.5) is 0 Å². The number of hydrogen-bond acceptors (Lipinski definition) is 4. The van der Waals surface area contributed by atoms with Crippen molar-refractivity contribution in [2.45, 2.75) is 122 Å². The van der Waals surface area contributed by atoms with E-state index in [4.69, 9.17) is 5.11 Å². The minimum Gasteiger partial charge on any atom is -0.394 e. The first-order valence-electron chi connectivity index (χ1n) is 11.2. The summed E-state index contributed by atoms with van der Waals surface area (Å²) in [4.78, 5) is 22.2. The summed E-state index contributed by atoms with van der Waals surface area (Å²) < 4.78 is 0. The molecule has 0 fully saturated rings. The van der Waals surface area contributed by atoms with Crippen molar-refractivity contribution < 1.29 is 19.8 Å². The molecule has 0 bridgehead atoms. The normalized spacial score (nSPS) is 13.3. The van der Waals surface area contributed by atoms with Crippen LogP contribution >= 0.6 is 0 Å². The van der Waals surface area contributed by atoms with E-state index >= 15 is 0 Å². The highest BCUT2D eigenvalue weighted by atomic mass is 16.3. The molecule has 0 radical (unpaired) electrons. The molecular formula is C22H43NO4. The molecule has 0 rings (SSSR count). The molecule has 3 N–H and O–H groups in total. The fourth-order valence-corrected chi connectivity index (χ4v) is 3.27. The standard InChI is InChI=1S/C22H43NO4/c1-2-3-4-5-6-7-8-9-10-11-12-13-14-15-16-17-22(27)23-20(18-24)21(26)19-25/h19-21,24,26H,2-18H2,1H3,(H,23,27)/t20-,21+/m0/s1. The Morgan fingerprint density at radius 2 is 1.22 bits per heavy atom. The van der Waals surface area contributed by atoms with Gasteiger partial charge in [-0.3, -0.25) is 4.79 Å². The van der Waals surface area contributed by atoms with Gasteiger partial charge in [0.2, 0.25) is 5.91 Å². The van der Waals surface area contributed by atoms with Crippen LogP contribution in [0.3, 0.4) is 0 Å². The maximum Gasteiger partial charge on any atom is 0.220 e. The monoisotopic (exact) mass is 385 g/mol. The lowest BCUT2D eigenvalue weighted by atomic mass is 10.0. The number of hydrogen-bond donors (Lipinski definition) is 3. The molecule has 1 amide bonds. The zero-order valence-corrected chi connectivity index (χ0v) is 17.5. The number of nitrogens with one attached hydrogen (secondary N) is 1. The lowest BCUT2D eigenvalue weighted by molar-refractivity contribution is -0.124. The molecular weight excluding hydrogens is 342 g/mol. The van der Waals surface area contributed by atoms with Gasteiger partial charge in [0.05, 0.1) is 12.6 Å². The molecule has 0 unspecified atom stereocenters. The second-order valence-corrected chi connectivity index (χ2v) is 7.68. The highest BCUT2D eigenvalue weighted by Crippen LogP contribution is 2.13. The predicted molar refractivity (Wildman–Crippen MR) is 111 cm³/mol. The van der Waals surface area contributed by atoms with E-state index in [1.54, 1.807) is 0 Å². The van der Waals surface area contributed by atoms with Crippen molar-refractivity contribution in [1.29, 1.82) is 0 Å². The average molecular weight is 386 g/mol. The van der Waals surface area contributed by atoms with Crippen molar-refractivity contribution in [2.24, 2.45) is 0 Å². The second kappa shape index (κ2) is 19.8. The van der Waals surface area contributed by atoms with E-state index in [9.17, 15) is 14.7 Å². The summed E-state index contributed by atoms with van der Waals surface area (Å²) in [6, 6.07) is -0.897. The molecule has 0 aliphatic rings. The summed E-state index contributed by atoms with van der Waals surface area (Å²) in [7, 11) is 0. The van der Waals surface area contributed by atoms with Gasteiger partial charge in [0.15, 0.2) is 6.29 Å². The third kappa shape index (κ3) is 16.9. The molecule has 0 heterocycles. The van der Waals surface area contributed by atoms with E-state index in [0.717, 1.165) is 19.3 Å². The Balaban J connectivity index is 3.33. The molecule has 0 aromatic carbocycles. The van der Waals surface area contributed by atoms with Gasteiger partial charge in [-0.2, -0.15) is 0 Å². The smallest absolute Gasteiger partial charge is 0.220 e. The minimum absolute atomic E-state index is 0.218. The minimum atomic E-state index is -1.35. The summed E-state index contributed by atoms with van der Waals surface area (Å²) >= 11 is 0. The molecule has 5 nitrogen and oxygen atoms in total. The molecule has 0 saturated heterocycles. The van der Waals surface area contributed by atoms with Crippen LogP contribution in [0.2, 0.25) is 0 Å². The highest BCUT2D eigenvalue weighted by molar-refractivity contribution is 5.77. The zero-order valence-electron chi connectivity index (χ0n) is 17.5. The number of aliphatic hydroxyl groups excluding tert-OH is 2. The lowest BCUT2D eigenvalue weighted by Gasteiger charge is -2.17. The van der Waals surface area contributed by atoms with Gasteiger partial charge in [0, 0.05) is 6.42 Å². The Kier molecular flexibility index (Phi) is 19.1. The first-order chi connectivity index (χ1) is 13.2. The van der Waals surface area contributed by atoms with Crippen molar-refractivity contribution in [3.05, 3.63) is 0 Å². The first-order valence-corrected chi connectivity index (χ1v) is 11.2. The predicted octanol–water partition coefficient (Wildman–Crippen LogP) is 4.28. The number of carbonyl (C=O) groups is 2. The van der Waals surface area contributed by atoms with E-state index < -0.39 is 18.8 Å². The summed E-state index contributed by atoms with van der Waals surface area (Å²) in [6.07, 6.45) is 18.6. The van der Waals surface area contributed by atoms with E-state index in [1.807, 2.05) is 0 Å². The third-order valence-corrected chi connectivity index (χ3v) is 5.10. The van der Waals surface area contributed by atoms with Crippen LogP contribution in [-0.2, 0) is 9.59 Å². The van der Waals surface area contributed by atoms with Crippen LogP contribution in [0.1, 0.15) is 110 Å². The molecule has 0 aliphatic heterocycles. The fraction of sp³-hybridized carbons (Fsp3) is 0.909. The van der Waals surface area contributed by atoms with Crippen LogP contribution in [0.25, 0.3) is 0 Å². The quantitative estimate of drug-likeness (QED) is 0.216. The number of unbranched alkanes of at least 4 members (excludes halogenated alkanes) is 14. The van der Waals surface area contributed by atoms with Gasteiger partial charge in [-0.25, -0.2) is 0 Å². The van der Waals surface area contributed by atoms with Gasteiger partial charge in [-0.15, -0.1) is 0 Å². The van der Waals surface area contributed by atoms with Crippen molar-refractivity contribution in [2.75, 3.05) is 6.61 Å². The fourth-order valence-electron chi connectivity index (χ4n) is 3.27. The van der Waals surface area contributed by atoms with Crippen LogP contribution in [0.5, 0.6) is 0 Å². The van der Waals surface area contributed by atoms with Gasteiger partial charge in [0.1, 0.15) is 6.10 Å². The first kappa shape index (κ1) is 26.1. The average Bonchev–Trinajstić information content (AvgIpc) is 2.68. The van der Waals surface area contributed by atoms with E-state index in [2.05, 4.69) is 12.2 Å².